The number of hydrogen-bond donors (Lipinski definition) is 0. The molecule has 0 radical (unpaired) electrons. The zero-order valence-electron chi connectivity index (χ0n) is 5.00. The van der Waals surface area contributed by atoms with Gasteiger partial charge in [-0.3, -0.25) is 4.79 Å². The first kappa shape index (κ1) is 6.68. The van der Waals surface area contributed by atoms with E-state index in [0.717, 1.165) is 17.7 Å². The number of carbonyl (C=O) groups excluding carboxylic acids is 1. The van der Waals surface area contributed by atoms with E-state index >= 15 is 0 Å². The quantitative estimate of drug-likeness (QED) is 0.430. The van der Waals surface area contributed by atoms with Gasteiger partial charge in [-0.1, -0.05) is 12.2 Å². The van der Waals surface area contributed by atoms with Crippen molar-refractivity contribution in [2.75, 3.05) is 5.75 Å². The van der Waals surface area contributed by atoms with Gasteiger partial charge in [0.25, 0.3) is 6.47 Å². The van der Waals surface area contributed by atoms with Crippen LogP contribution in [0.1, 0.15) is 6.42 Å². The Kier molecular flexibility index (Phi) is 2.16. The molecular weight excluding hydrogens is 136 g/mol. The Morgan fingerprint density at radius 1 is 1.89 bits per heavy atom. The number of hydrogen-bond acceptors (Lipinski definition) is 3. The number of rotatable bonds is 2. The monoisotopic (exact) mass is 144 g/mol. The van der Waals surface area contributed by atoms with Gasteiger partial charge in [0.2, 0.25) is 0 Å². The Morgan fingerprint density at radius 2 is 2.67 bits per heavy atom. The second-order valence-corrected chi connectivity index (χ2v) is 3.07. The lowest BCUT2D eigenvalue weighted by atomic mass is 10.3. The smallest absolute Gasteiger partial charge is 0.294 e. The fraction of sp³-hybridized carbons (Fsp3) is 0.500. The molecule has 1 heterocycles. The van der Waals surface area contributed by atoms with Crippen molar-refractivity contribution >= 4 is 18.2 Å². The summed E-state index contributed by atoms with van der Waals surface area (Å²) >= 11 is 1.62. The first-order valence-corrected chi connectivity index (χ1v) is 3.75. The van der Waals surface area contributed by atoms with Crippen LogP contribution in [0, 0.1) is 0 Å². The Hall–Kier alpha value is -0.440. The van der Waals surface area contributed by atoms with Crippen LogP contribution in [0.5, 0.6) is 0 Å². The first-order chi connectivity index (χ1) is 4.33. The van der Waals surface area contributed by atoms with Crippen molar-refractivity contribution < 1.29 is 9.53 Å². The van der Waals surface area contributed by atoms with E-state index in [4.69, 9.17) is 4.74 Å². The molecule has 9 heavy (non-hydrogen) atoms. The summed E-state index contributed by atoms with van der Waals surface area (Å²) in [6.07, 6.45) is 0.823. The second kappa shape index (κ2) is 2.92. The van der Waals surface area contributed by atoms with E-state index < -0.39 is 0 Å². The molecule has 50 valence electrons. The Labute approximate surface area is 58.3 Å². The van der Waals surface area contributed by atoms with Crippen LogP contribution in [-0.4, -0.2) is 17.7 Å². The van der Waals surface area contributed by atoms with E-state index in [9.17, 15) is 4.79 Å². The number of ether oxygens (including phenoxy) is 1. The van der Waals surface area contributed by atoms with Crippen molar-refractivity contribution in [3.8, 4) is 0 Å². The third kappa shape index (κ3) is 1.75. The van der Waals surface area contributed by atoms with Gasteiger partial charge in [0.05, 0.1) is 0 Å². The summed E-state index contributed by atoms with van der Waals surface area (Å²) in [7, 11) is 0. The first-order valence-electron chi connectivity index (χ1n) is 2.70. The third-order valence-corrected chi connectivity index (χ3v) is 2.36. The molecule has 0 aliphatic carbocycles. The van der Waals surface area contributed by atoms with Crippen LogP contribution in [-0.2, 0) is 9.53 Å². The summed E-state index contributed by atoms with van der Waals surface area (Å²) in [4.78, 5) is 9.80. The molecule has 0 N–H and O–H groups in total. The lowest BCUT2D eigenvalue weighted by Crippen LogP contribution is -2.00. The molecule has 1 atom stereocenters. The van der Waals surface area contributed by atoms with Crippen molar-refractivity contribution in [1.29, 1.82) is 0 Å². The van der Waals surface area contributed by atoms with Gasteiger partial charge >= 0.3 is 0 Å². The van der Waals surface area contributed by atoms with Crippen LogP contribution in [0.15, 0.2) is 12.2 Å². The van der Waals surface area contributed by atoms with Crippen molar-refractivity contribution in [2.24, 2.45) is 0 Å². The highest BCUT2D eigenvalue weighted by molar-refractivity contribution is 8.00. The molecule has 3 heteroatoms. The maximum atomic E-state index is 9.80. The molecule has 0 aromatic carbocycles. The highest BCUT2D eigenvalue weighted by Crippen LogP contribution is 2.29. The number of thioether (sulfide) groups is 1. The van der Waals surface area contributed by atoms with Gasteiger partial charge in [-0.25, -0.2) is 0 Å². The minimum Gasteiger partial charge on any atom is -0.453 e. The zero-order valence-corrected chi connectivity index (χ0v) is 5.82. The van der Waals surface area contributed by atoms with Crippen LogP contribution in [0.25, 0.3) is 0 Å². The molecule has 1 saturated heterocycles. The topological polar surface area (TPSA) is 26.3 Å². The van der Waals surface area contributed by atoms with Crippen LogP contribution in [0.3, 0.4) is 0 Å². The lowest BCUT2D eigenvalue weighted by molar-refractivity contribution is -0.129. The molecule has 1 rings (SSSR count). The molecule has 0 aromatic rings. The minimum absolute atomic E-state index is 0.0370. The van der Waals surface area contributed by atoms with Crippen molar-refractivity contribution in [2.45, 2.75) is 11.9 Å². The molecule has 0 aromatic heterocycles. The van der Waals surface area contributed by atoms with Crippen LogP contribution < -0.4 is 0 Å². The van der Waals surface area contributed by atoms with Gasteiger partial charge in [-0.2, -0.15) is 0 Å². The summed E-state index contributed by atoms with van der Waals surface area (Å²) in [5.41, 5.74) is 1.20. The summed E-state index contributed by atoms with van der Waals surface area (Å²) in [5, 5.41) is 0. The summed E-state index contributed by atoms with van der Waals surface area (Å²) in [5.74, 6) is 0.929. The molecule has 0 amide bonds. The van der Waals surface area contributed by atoms with Crippen molar-refractivity contribution in [1.82, 2.24) is 0 Å². The van der Waals surface area contributed by atoms with Gasteiger partial charge in [0, 0.05) is 12.2 Å². The van der Waals surface area contributed by atoms with E-state index in [1.54, 1.807) is 11.8 Å². The Bertz CT molecular complexity index is 133. The van der Waals surface area contributed by atoms with E-state index in [1.807, 2.05) is 0 Å². The van der Waals surface area contributed by atoms with E-state index in [0.29, 0.717) is 6.47 Å². The molecule has 0 bridgehead atoms. The fourth-order valence-electron chi connectivity index (χ4n) is 0.714. The summed E-state index contributed by atoms with van der Waals surface area (Å²) < 4.78 is 4.69. The van der Waals surface area contributed by atoms with Gasteiger partial charge in [0.15, 0.2) is 5.44 Å². The predicted octanol–water partition coefficient (Wildman–Crippen LogP) is 1.18. The van der Waals surface area contributed by atoms with E-state index in [-0.39, 0.29) is 5.44 Å². The van der Waals surface area contributed by atoms with Gasteiger partial charge in [-0.15, -0.1) is 11.8 Å². The van der Waals surface area contributed by atoms with Gasteiger partial charge < -0.3 is 4.74 Å². The lowest BCUT2D eigenvalue weighted by Gasteiger charge is -2.02. The molecule has 0 spiro atoms. The van der Waals surface area contributed by atoms with Crippen LogP contribution in [0.2, 0.25) is 0 Å². The predicted molar refractivity (Wildman–Crippen MR) is 37.2 cm³/mol. The highest BCUT2D eigenvalue weighted by Gasteiger charge is 2.18. The molecule has 1 aliphatic rings. The van der Waals surface area contributed by atoms with E-state index in [1.165, 1.54) is 0 Å². The van der Waals surface area contributed by atoms with Gasteiger partial charge in [0.1, 0.15) is 0 Å². The second-order valence-electron chi connectivity index (χ2n) is 1.93. The average Bonchev–Trinajstić information content (AvgIpc) is 2.17. The van der Waals surface area contributed by atoms with Crippen molar-refractivity contribution in [3.05, 3.63) is 12.2 Å². The molecule has 1 fully saturated rings. The molecular formula is C6H8O2S. The average molecular weight is 144 g/mol. The number of carbonyl (C=O) groups is 1. The van der Waals surface area contributed by atoms with Crippen LogP contribution >= 0.6 is 11.8 Å². The molecule has 2 nitrogen and oxygen atoms in total. The standard InChI is InChI=1S/C6H8O2S/c1-5-2-6(8-4-7)9-3-5/h4,6H,1-3H2. The van der Waals surface area contributed by atoms with Crippen LogP contribution in [0.4, 0.5) is 0 Å². The highest BCUT2D eigenvalue weighted by atomic mass is 32.2. The molecule has 0 saturated carbocycles. The molecule has 1 unspecified atom stereocenters. The maximum Gasteiger partial charge on any atom is 0.294 e. The normalized spacial score (nSPS) is 26.2. The Morgan fingerprint density at radius 3 is 3.11 bits per heavy atom. The third-order valence-electron chi connectivity index (χ3n) is 1.14. The summed E-state index contributed by atoms with van der Waals surface area (Å²) in [6, 6.07) is 0. The van der Waals surface area contributed by atoms with Crippen molar-refractivity contribution in [3.63, 3.8) is 0 Å². The van der Waals surface area contributed by atoms with Gasteiger partial charge in [-0.05, 0) is 0 Å². The van der Waals surface area contributed by atoms with E-state index in [2.05, 4.69) is 6.58 Å². The fourth-order valence-corrected chi connectivity index (χ4v) is 1.73. The maximum absolute atomic E-state index is 9.80. The SMILES string of the molecule is C=C1CSC(OC=O)C1. The molecule has 1 aliphatic heterocycles. The largest absolute Gasteiger partial charge is 0.453 e. The zero-order chi connectivity index (χ0) is 6.69. The Balaban J connectivity index is 2.29. The minimum atomic E-state index is 0.0370. The summed E-state index contributed by atoms with van der Waals surface area (Å²) in [6.45, 7) is 4.27.